The summed E-state index contributed by atoms with van der Waals surface area (Å²) in [7, 11) is -0.762. The topological polar surface area (TPSA) is 110 Å². The van der Waals surface area contributed by atoms with Gasteiger partial charge in [-0.2, -0.15) is 5.10 Å². The molecule has 4 rings (SSSR count). The number of aryl methyl sites for hydroxylation is 1. The number of aromatic nitrogens is 4. The Labute approximate surface area is 214 Å². The van der Waals surface area contributed by atoms with Crippen molar-refractivity contribution >= 4 is 24.8 Å². The highest BCUT2D eigenvalue weighted by molar-refractivity contribution is 7.48. The average Bonchev–Trinajstić information content (AvgIpc) is 3.46. The van der Waals surface area contributed by atoms with Crippen LogP contribution in [0.15, 0.2) is 54.9 Å². The second-order valence-electron chi connectivity index (χ2n) is 9.33. The Hall–Kier alpha value is -3.37. The van der Waals surface area contributed by atoms with Crippen molar-refractivity contribution in [3.8, 4) is 11.3 Å². The van der Waals surface area contributed by atoms with Crippen LogP contribution in [0.25, 0.3) is 22.3 Å². The number of phosphoric ester groups is 1. The number of carbonyl (C=O) groups excluding carboxylic acids is 1. The quantitative estimate of drug-likeness (QED) is 0.302. The molecule has 196 valence electrons. The Kier molecular flexibility index (Phi) is 7.61. The number of pyridine rings is 1. The fourth-order valence-electron chi connectivity index (χ4n) is 3.63. The van der Waals surface area contributed by atoms with E-state index in [1.54, 1.807) is 69.0 Å². The number of benzene rings is 1. The van der Waals surface area contributed by atoms with Gasteiger partial charge in [0.1, 0.15) is 17.2 Å². The van der Waals surface area contributed by atoms with Crippen molar-refractivity contribution < 1.29 is 27.3 Å². The molecule has 0 aliphatic carbocycles. The van der Waals surface area contributed by atoms with Crippen LogP contribution in [0, 0.1) is 5.82 Å². The zero-order chi connectivity index (χ0) is 26.8. The highest BCUT2D eigenvalue weighted by Crippen LogP contribution is 2.52. The van der Waals surface area contributed by atoms with Gasteiger partial charge in [0.05, 0.1) is 17.5 Å². The Balaban J connectivity index is 1.48. The maximum absolute atomic E-state index is 13.9. The number of amides is 1. The van der Waals surface area contributed by atoms with Gasteiger partial charge < -0.3 is 9.88 Å². The molecule has 0 saturated heterocycles. The van der Waals surface area contributed by atoms with Crippen LogP contribution in [0.4, 0.5) is 4.39 Å². The standard InChI is InChI=1S/C25H29FN5O5P/c1-25(2,3)36-37(33,34-5)35-16-31-15-19(14-28-31)21-11-10-17-12-22(30(4)23(17)29-21)24(32)27-13-18-8-6-7-9-20(18)26/h6-12,14-15H,13,16H2,1-5H3,(H,27,32). The number of fused-ring (bicyclic) bond motifs is 1. The third kappa shape index (κ3) is 6.31. The average molecular weight is 530 g/mol. The van der Waals surface area contributed by atoms with Gasteiger partial charge in [0, 0.05) is 43.4 Å². The molecule has 0 spiro atoms. The summed E-state index contributed by atoms with van der Waals surface area (Å²) < 4.78 is 45.4. The highest BCUT2D eigenvalue weighted by atomic mass is 31.2. The Bertz CT molecular complexity index is 1480. The van der Waals surface area contributed by atoms with Crippen LogP contribution < -0.4 is 5.32 Å². The van der Waals surface area contributed by atoms with Gasteiger partial charge in [0.15, 0.2) is 6.73 Å². The summed E-state index contributed by atoms with van der Waals surface area (Å²) in [6.07, 6.45) is 3.29. The SMILES string of the molecule is COP(=O)(OCn1cc(-c2ccc3cc(C(=O)NCc4ccccc4F)n(C)c3n2)cn1)OC(C)(C)C. The zero-order valence-corrected chi connectivity index (χ0v) is 22.2. The first-order valence-electron chi connectivity index (χ1n) is 11.5. The Morgan fingerprint density at radius 1 is 1.19 bits per heavy atom. The van der Waals surface area contributed by atoms with E-state index in [9.17, 15) is 13.8 Å². The first-order valence-corrected chi connectivity index (χ1v) is 13.0. The van der Waals surface area contributed by atoms with Crippen LogP contribution in [0.1, 0.15) is 36.8 Å². The van der Waals surface area contributed by atoms with Gasteiger partial charge in [-0.3, -0.25) is 18.4 Å². The summed E-state index contributed by atoms with van der Waals surface area (Å²) in [5, 5.41) is 7.77. The minimum Gasteiger partial charge on any atom is -0.347 e. The second kappa shape index (κ2) is 10.5. The molecule has 3 aromatic heterocycles. The smallest absolute Gasteiger partial charge is 0.347 e. The van der Waals surface area contributed by atoms with Crippen molar-refractivity contribution in [2.45, 2.75) is 39.6 Å². The lowest BCUT2D eigenvalue weighted by atomic mass is 10.2. The molecular formula is C25H29FN5O5P. The van der Waals surface area contributed by atoms with E-state index < -0.39 is 13.4 Å². The molecule has 4 aromatic rings. The molecule has 1 amide bonds. The normalized spacial score (nSPS) is 13.6. The van der Waals surface area contributed by atoms with Gasteiger partial charge in [0.2, 0.25) is 0 Å². The van der Waals surface area contributed by atoms with E-state index in [1.807, 2.05) is 12.1 Å². The van der Waals surface area contributed by atoms with E-state index in [0.29, 0.717) is 28.2 Å². The van der Waals surface area contributed by atoms with Crippen molar-refractivity contribution in [3.63, 3.8) is 0 Å². The lowest BCUT2D eigenvalue weighted by Crippen LogP contribution is -2.25. The number of phosphoric acid groups is 1. The third-order valence-electron chi connectivity index (χ3n) is 5.39. The first kappa shape index (κ1) is 26.7. The van der Waals surface area contributed by atoms with Gasteiger partial charge in [0.25, 0.3) is 5.91 Å². The van der Waals surface area contributed by atoms with Gasteiger partial charge in [-0.15, -0.1) is 0 Å². The number of hydrogen-bond acceptors (Lipinski definition) is 7. The van der Waals surface area contributed by atoms with Crippen LogP contribution >= 0.6 is 7.82 Å². The third-order valence-corrected chi connectivity index (χ3v) is 7.04. The molecule has 0 aliphatic rings. The van der Waals surface area contributed by atoms with Gasteiger partial charge in [-0.05, 0) is 45.0 Å². The number of rotatable bonds is 9. The van der Waals surface area contributed by atoms with E-state index in [0.717, 1.165) is 5.39 Å². The summed E-state index contributed by atoms with van der Waals surface area (Å²) in [4.78, 5) is 17.5. The fourth-order valence-corrected chi connectivity index (χ4v) is 4.80. The molecule has 12 heteroatoms. The van der Waals surface area contributed by atoms with Crippen LogP contribution in [-0.2, 0) is 38.5 Å². The molecule has 1 N–H and O–H groups in total. The molecule has 1 unspecified atom stereocenters. The largest absolute Gasteiger partial charge is 0.476 e. The van der Waals surface area contributed by atoms with Crippen LogP contribution in [0.5, 0.6) is 0 Å². The first-order chi connectivity index (χ1) is 17.5. The zero-order valence-electron chi connectivity index (χ0n) is 21.3. The minimum atomic E-state index is -3.76. The molecule has 10 nitrogen and oxygen atoms in total. The molecule has 1 atom stereocenters. The van der Waals surface area contributed by atoms with Crippen molar-refractivity contribution in [1.29, 1.82) is 0 Å². The van der Waals surface area contributed by atoms with Crippen molar-refractivity contribution in [2.24, 2.45) is 7.05 Å². The van der Waals surface area contributed by atoms with E-state index in [4.69, 9.17) is 18.6 Å². The summed E-state index contributed by atoms with van der Waals surface area (Å²) in [5.74, 6) is -0.709. The van der Waals surface area contributed by atoms with Gasteiger partial charge in [-0.1, -0.05) is 18.2 Å². The van der Waals surface area contributed by atoms with E-state index >= 15 is 0 Å². The molecule has 1 aromatic carbocycles. The lowest BCUT2D eigenvalue weighted by molar-refractivity contribution is 0.0372. The number of hydrogen-bond donors (Lipinski definition) is 1. The fraction of sp³-hybridized carbons (Fsp3) is 0.320. The van der Waals surface area contributed by atoms with Gasteiger partial charge >= 0.3 is 7.82 Å². The Morgan fingerprint density at radius 3 is 2.65 bits per heavy atom. The monoisotopic (exact) mass is 529 g/mol. The summed E-state index contributed by atoms with van der Waals surface area (Å²) in [6, 6.07) is 11.7. The minimum absolute atomic E-state index is 0.0732. The molecule has 0 saturated carbocycles. The number of nitrogens with zero attached hydrogens (tertiary/aromatic N) is 4. The predicted molar refractivity (Wildman–Crippen MR) is 136 cm³/mol. The second-order valence-corrected chi connectivity index (χ2v) is 11.0. The summed E-state index contributed by atoms with van der Waals surface area (Å²) in [5.41, 5.74) is 2.00. The molecule has 0 fully saturated rings. The van der Waals surface area contributed by atoms with E-state index in [-0.39, 0.29) is 25.0 Å². The molecule has 37 heavy (non-hydrogen) atoms. The maximum Gasteiger partial charge on any atom is 0.476 e. The number of halogens is 1. The maximum atomic E-state index is 13.9. The molecule has 3 heterocycles. The molecule has 0 bridgehead atoms. The van der Waals surface area contributed by atoms with Crippen molar-refractivity contribution in [1.82, 2.24) is 24.6 Å². The van der Waals surface area contributed by atoms with E-state index in [2.05, 4.69) is 10.4 Å². The van der Waals surface area contributed by atoms with Crippen LogP contribution in [0.2, 0.25) is 0 Å². The van der Waals surface area contributed by atoms with Crippen molar-refractivity contribution in [2.75, 3.05) is 7.11 Å². The van der Waals surface area contributed by atoms with Gasteiger partial charge in [-0.25, -0.2) is 18.6 Å². The van der Waals surface area contributed by atoms with Crippen LogP contribution in [0.3, 0.4) is 0 Å². The van der Waals surface area contributed by atoms with Crippen LogP contribution in [-0.4, -0.2) is 37.9 Å². The summed E-state index contributed by atoms with van der Waals surface area (Å²) in [6.45, 7) is 5.16. The summed E-state index contributed by atoms with van der Waals surface area (Å²) >= 11 is 0. The molecular weight excluding hydrogens is 500 g/mol. The van der Waals surface area contributed by atoms with Crippen molar-refractivity contribution in [3.05, 3.63) is 71.9 Å². The molecule has 0 radical (unpaired) electrons. The number of carbonyl (C=O) groups is 1. The van der Waals surface area contributed by atoms with E-state index in [1.165, 1.54) is 17.9 Å². The molecule has 0 aliphatic heterocycles. The lowest BCUT2D eigenvalue weighted by Gasteiger charge is -2.24. The highest BCUT2D eigenvalue weighted by Gasteiger charge is 2.31. The number of nitrogens with one attached hydrogen (secondary N) is 1. The predicted octanol–water partition coefficient (Wildman–Crippen LogP) is 5.05. The Morgan fingerprint density at radius 2 is 1.95 bits per heavy atom.